The molecular formula is C25H31Cl2F2N3O2. The quantitative estimate of drug-likeness (QED) is 0.553. The molecule has 1 amide bonds. The van der Waals surface area contributed by atoms with Crippen molar-refractivity contribution in [1.82, 2.24) is 14.7 Å². The molecule has 2 unspecified atom stereocenters. The van der Waals surface area contributed by atoms with Gasteiger partial charge in [-0.1, -0.05) is 18.2 Å². The first-order valence-electron chi connectivity index (χ1n) is 11.5. The van der Waals surface area contributed by atoms with Crippen molar-refractivity contribution in [3.8, 4) is 0 Å². The third-order valence-electron chi connectivity index (χ3n) is 7.11. The van der Waals surface area contributed by atoms with Crippen molar-refractivity contribution in [1.29, 1.82) is 0 Å². The molecule has 5 rings (SSSR count). The summed E-state index contributed by atoms with van der Waals surface area (Å²) < 4.78 is 32.5. The molecule has 0 bridgehead atoms. The number of carbonyl (C=O) groups is 1. The zero-order valence-electron chi connectivity index (χ0n) is 19.0. The maximum atomic E-state index is 14.1. The highest BCUT2D eigenvalue weighted by atomic mass is 35.5. The number of ether oxygens (including phenoxy) is 1. The van der Waals surface area contributed by atoms with Crippen LogP contribution < -0.4 is 0 Å². The number of nitrogens with zero attached hydrogens (tertiary/aromatic N) is 3. The Labute approximate surface area is 211 Å². The van der Waals surface area contributed by atoms with Gasteiger partial charge in [-0.2, -0.15) is 0 Å². The summed E-state index contributed by atoms with van der Waals surface area (Å²) in [6.07, 6.45) is 1.64. The van der Waals surface area contributed by atoms with E-state index in [1.165, 1.54) is 18.2 Å². The lowest BCUT2D eigenvalue weighted by molar-refractivity contribution is 0.0922. The van der Waals surface area contributed by atoms with E-state index >= 15 is 0 Å². The number of carbonyl (C=O) groups excluding carboxylic acids is 1. The Balaban J connectivity index is 0.00000162. The number of halogens is 4. The number of benzene rings is 2. The Morgan fingerprint density at radius 2 is 1.56 bits per heavy atom. The first kappa shape index (κ1) is 26.7. The number of fused-ring (bicyclic) bond motifs is 1. The van der Waals surface area contributed by atoms with Crippen molar-refractivity contribution in [2.24, 2.45) is 0 Å². The minimum Gasteiger partial charge on any atom is -0.448 e. The monoisotopic (exact) mass is 513 g/mol. The summed E-state index contributed by atoms with van der Waals surface area (Å²) in [5.41, 5.74) is 3.31. The average molecular weight is 514 g/mol. The summed E-state index contributed by atoms with van der Waals surface area (Å²) in [5.74, 6) is -0.276. The predicted octanol–water partition coefficient (Wildman–Crippen LogP) is 4.85. The molecule has 3 aliphatic rings. The van der Waals surface area contributed by atoms with E-state index in [0.29, 0.717) is 13.2 Å². The Kier molecular flexibility index (Phi) is 9.15. The Morgan fingerprint density at radius 3 is 2.24 bits per heavy atom. The topological polar surface area (TPSA) is 36.0 Å². The van der Waals surface area contributed by atoms with Crippen molar-refractivity contribution in [2.75, 3.05) is 52.4 Å². The Morgan fingerprint density at radius 1 is 0.853 bits per heavy atom. The van der Waals surface area contributed by atoms with E-state index in [1.807, 2.05) is 18.2 Å². The highest BCUT2D eigenvalue weighted by molar-refractivity contribution is 5.85. The van der Waals surface area contributed by atoms with Gasteiger partial charge in [-0.15, -0.1) is 24.8 Å². The van der Waals surface area contributed by atoms with Gasteiger partial charge in [0.05, 0.1) is 6.54 Å². The third kappa shape index (κ3) is 5.65. The maximum absolute atomic E-state index is 14.1. The van der Waals surface area contributed by atoms with E-state index in [9.17, 15) is 13.6 Å². The van der Waals surface area contributed by atoms with Gasteiger partial charge < -0.3 is 14.5 Å². The Bertz CT molecular complexity index is 971. The van der Waals surface area contributed by atoms with Gasteiger partial charge in [0.15, 0.2) is 0 Å². The number of amides is 1. The van der Waals surface area contributed by atoms with E-state index in [4.69, 9.17) is 4.74 Å². The molecule has 0 aromatic heterocycles. The van der Waals surface area contributed by atoms with Crippen LogP contribution in [-0.2, 0) is 4.74 Å². The first-order chi connectivity index (χ1) is 15.6. The molecule has 34 heavy (non-hydrogen) atoms. The summed E-state index contributed by atoms with van der Waals surface area (Å²) >= 11 is 0. The fourth-order valence-corrected chi connectivity index (χ4v) is 5.40. The molecule has 5 nitrogen and oxygen atoms in total. The number of rotatable bonds is 6. The molecule has 0 radical (unpaired) electrons. The molecule has 2 fully saturated rings. The second kappa shape index (κ2) is 11.7. The van der Waals surface area contributed by atoms with Gasteiger partial charge in [0.2, 0.25) is 0 Å². The second-order valence-electron chi connectivity index (χ2n) is 8.96. The lowest BCUT2D eigenvalue weighted by atomic mass is 9.93. The lowest BCUT2D eigenvalue weighted by Gasteiger charge is -2.38. The van der Waals surface area contributed by atoms with Crippen LogP contribution in [0.15, 0.2) is 42.5 Å². The van der Waals surface area contributed by atoms with Gasteiger partial charge in [-0.05, 0) is 60.3 Å². The molecule has 0 N–H and O–H groups in total. The lowest BCUT2D eigenvalue weighted by Crippen LogP contribution is -2.47. The SMILES string of the molecule is Cl.Cl.O=C1OCCN1CCCN1CCN(C2CC(c3ccc(F)cc3)c3ccc(F)cc32)CC1. The predicted molar refractivity (Wildman–Crippen MR) is 132 cm³/mol. The second-order valence-corrected chi connectivity index (χ2v) is 8.96. The van der Waals surface area contributed by atoms with Crippen LogP contribution >= 0.6 is 24.8 Å². The summed E-state index contributed by atoms with van der Waals surface area (Å²) in [7, 11) is 0. The molecule has 2 aromatic rings. The van der Waals surface area contributed by atoms with E-state index in [0.717, 1.165) is 68.8 Å². The zero-order valence-corrected chi connectivity index (χ0v) is 20.6. The molecular weight excluding hydrogens is 483 g/mol. The highest BCUT2D eigenvalue weighted by Crippen LogP contribution is 2.47. The van der Waals surface area contributed by atoms with E-state index < -0.39 is 0 Å². The molecule has 2 aliphatic heterocycles. The van der Waals surface area contributed by atoms with Crippen LogP contribution in [0.1, 0.15) is 41.5 Å². The van der Waals surface area contributed by atoms with Gasteiger partial charge in [-0.3, -0.25) is 4.90 Å². The van der Waals surface area contributed by atoms with Crippen LogP contribution in [0.3, 0.4) is 0 Å². The first-order valence-corrected chi connectivity index (χ1v) is 11.5. The van der Waals surface area contributed by atoms with Gasteiger partial charge in [-0.25, -0.2) is 13.6 Å². The van der Waals surface area contributed by atoms with Crippen molar-refractivity contribution in [2.45, 2.75) is 24.8 Å². The smallest absolute Gasteiger partial charge is 0.409 e. The molecule has 2 atom stereocenters. The zero-order chi connectivity index (χ0) is 22.1. The largest absolute Gasteiger partial charge is 0.448 e. The normalized spacial score (nSPS) is 22.6. The summed E-state index contributed by atoms with van der Waals surface area (Å²) in [4.78, 5) is 18.2. The minimum atomic E-state index is -0.236. The molecule has 1 aliphatic carbocycles. The summed E-state index contributed by atoms with van der Waals surface area (Å²) in [6.45, 7) is 6.70. The van der Waals surface area contributed by atoms with Gasteiger partial charge in [0, 0.05) is 44.7 Å². The molecule has 9 heteroatoms. The van der Waals surface area contributed by atoms with Crippen LogP contribution in [0.4, 0.5) is 13.6 Å². The van der Waals surface area contributed by atoms with Crippen LogP contribution in [0, 0.1) is 11.6 Å². The summed E-state index contributed by atoms with van der Waals surface area (Å²) in [6, 6.07) is 12.0. The van der Waals surface area contributed by atoms with E-state index in [2.05, 4.69) is 9.80 Å². The molecule has 2 saturated heterocycles. The maximum Gasteiger partial charge on any atom is 0.409 e. The van der Waals surface area contributed by atoms with Crippen LogP contribution in [0.5, 0.6) is 0 Å². The highest BCUT2D eigenvalue weighted by Gasteiger charge is 2.36. The van der Waals surface area contributed by atoms with Crippen molar-refractivity contribution in [3.05, 3.63) is 70.8 Å². The molecule has 2 heterocycles. The fourth-order valence-electron chi connectivity index (χ4n) is 5.40. The van der Waals surface area contributed by atoms with Gasteiger partial charge >= 0.3 is 6.09 Å². The van der Waals surface area contributed by atoms with Crippen molar-refractivity contribution in [3.63, 3.8) is 0 Å². The number of piperazine rings is 1. The molecule has 186 valence electrons. The fraction of sp³-hybridized carbons (Fsp3) is 0.480. The molecule has 0 saturated carbocycles. The minimum absolute atomic E-state index is 0. The number of hydrogen-bond donors (Lipinski definition) is 0. The van der Waals surface area contributed by atoms with Crippen LogP contribution in [0.25, 0.3) is 0 Å². The van der Waals surface area contributed by atoms with E-state index in [-0.39, 0.29) is 54.5 Å². The average Bonchev–Trinajstić information content (AvgIpc) is 3.38. The van der Waals surface area contributed by atoms with Gasteiger partial charge in [0.1, 0.15) is 18.2 Å². The van der Waals surface area contributed by atoms with Crippen LogP contribution in [-0.4, -0.2) is 73.2 Å². The number of cyclic esters (lactones) is 1. The van der Waals surface area contributed by atoms with Crippen LogP contribution in [0.2, 0.25) is 0 Å². The van der Waals surface area contributed by atoms with Crippen molar-refractivity contribution < 1.29 is 18.3 Å². The standard InChI is InChI=1S/C25H29F2N3O2.2ClH/c26-19-4-2-18(3-5-19)22-17-24(23-16-20(27)6-7-21(22)23)29-12-10-28(11-13-29)8-1-9-30-14-15-32-25(30)31;;/h2-7,16,22,24H,1,8-15,17H2;2*1H. The molecule has 0 spiro atoms. The Hall–Kier alpha value is -1.93. The number of hydrogen-bond acceptors (Lipinski definition) is 4. The summed E-state index contributed by atoms with van der Waals surface area (Å²) in [5, 5.41) is 0. The molecule has 2 aromatic carbocycles. The van der Waals surface area contributed by atoms with E-state index in [1.54, 1.807) is 11.0 Å². The van der Waals surface area contributed by atoms with Gasteiger partial charge in [0.25, 0.3) is 0 Å². The van der Waals surface area contributed by atoms with Crippen molar-refractivity contribution >= 4 is 30.9 Å². The third-order valence-corrected chi connectivity index (χ3v) is 7.11.